The van der Waals surface area contributed by atoms with Crippen LogP contribution >= 0.6 is 23.2 Å². The maximum Gasteiger partial charge on any atom is 0.135 e. The molecule has 1 N–H and O–H groups in total. The molecule has 3 nitrogen and oxygen atoms in total. The smallest absolute Gasteiger partial charge is 0.135 e. The van der Waals surface area contributed by atoms with Crippen LogP contribution in [0.3, 0.4) is 0 Å². The van der Waals surface area contributed by atoms with Crippen LogP contribution in [0, 0.1) is 0 Å². The average molecular weight is 275 g/mol. The second-order valence-electron chi connectivity index (χ2n) is 4.90. The van der Waals surface area contributed by atoms with Crippen LogP contribution in [0.5, 0.6) is 0 Å². The molecule has 0 aliphatic carbocycles. The fraction of sp³-hybridized carbons (Fsp3) is 0.583. The summed E-state index contributed by atoms with van der Waals surface area (Å²) in [5.41, 5.74) is 0.360. The highest BCUT2D eigenvalue weighted by Gasteiger charge is 2.28. The predicted molar refractivity (Wildman–Crippen MR) is 69.4 cm³/mol. The Balaban J connectivity index is 2.05. The molecule has 0 amide bonds. The van der Waals surface area contributed by atoms with Gasteiger partial charge in [-0.2, -0.15) is 0 Å². The molecule has 1 aromatic rings. The van der Waals surface area contributed by atoms with Gasteiger partial charge in [-0.25, -0.2) is 4.98 Å². The van der Waals surface area contributed by atoms with Gasteiger partial charge in [0.1, 0.15) is 10.3 Å². The monoisotopic (exact) mass is 274 g/mol. The minimum absolute atomic E-state index is 0.407. The molecule has 0 radical (unpaired) electrons. The van der Waals surface area contributed by atoms with Gasteiger partial charge in [0.2, 0.25) is 0 Å². The third kappa shape index (κ3) is 3.55. The summed E-state index contributed by atoms with van der Waals surface area (Å²) in [5, 5.41) is 10.9. The molecule has 1 fully saturated rings. The van der Waals surface area contributed by atoms with Crippen LogP contribution in [0.4, 0.5) is 0 Å². The van der Waals surface area contributed by atoms with Gasteiger partial charge in [-0.1, -0.05) is 29.3 Å². The Kier molecular flexibility index (Phi) is 3.93. The van der Waals surface area contributed by atoms with Crippen LogP contribution in [0.2, 0.25) is 10.3 Å². The van der Waals surface area contributed by atoms with E-state index in [1.807, 2.05) is 13.0 Å². The lowest BCUT2D eigenvalue weighted by Crippen LogP contribution is -2.45. The van der Waals surface area contributed by atoms with E-state index in [0.29, 0.717) is 23.4 Å². The lowest BCUT2D eigenvalue weighted by Gasteiger charge is -2.36. The third-order valence-corrected chi connectivity index (χ3v) is 3.58. The first-order valence-electron chi connectivity index (χ1n) is 5.72. The summed E-state index contributed by atoms with van der Waals surface area (Å²) in [4.78, 5) is 6.21. The quantitative estimate of drug-likeness (QED) is 0.843. The van der Waals surface area contributed by atoms with E-state index >= 15 is 0 Å². The van der Waals surface area contributed by atoms with Crippen LogP contribution in [-0.2, 0) is 6.54 Å². The van der Waals surface area contributed by atoms with Gasteiger partial charge in [0, 0.05) is 18.7 Å². The molecule has 0 aromatic carbocycles. The van der Waals surface area contributed by atoms with Crippen LogP contribution in [-0.4, -0.2) is 33.7 Å². The van der Waals surface area contributed by atoms with Crippen molar-refractivity contribution in [1.82, 2.24) is 9.88 Å². The molecule has 1 aromatic heterocycles. The zero-order chi connectivity index (χ0) is 12.5. The number of nitrogens with zero attached hydrogens (tertiary/aromatic N) is 2. The first kappa shape index (κ1) is 13.1. The number of halogens is 2. The molecule has 1 aliphatic rings. The third-order valence-electron chi connectivity index (χ3n) is 3.04. The van der Waals surface area contributed by atoms with E-state index in [2.05, 4.69) is 9.88 Å². The molecule has 5 heteroatoms. The van der Waals surface area contributed by atoms with Gasteiger partial charge in [0.05, 0.1) is 5.60 Å². The molecule has 0 bridgehead atoms. The fourth-order valence-electron chi connectivity index (χ4n) is 2.26. The number of hydrogen-bond acceptors (Lipinski definition) is 3. The largest absolute Gasteiger partial charge is 0.389 e. The van der Waals surface area contributed by atoms with Crippen molar-refractivity contribution in [3.63, 3.8) is 0 Å². The van der Waals surface area contributed by atoms with Gasteiger partial charge in [-0.3, -0.25) is 4.90 Å². The molecule has 1 aliphatic heterocycles. The number of piperidine rings is 1. The summed E-state index contributed by atoms with van der Waals surface area (Å²) < 4.78 is 0. The van der Waals surface area contributed by atoms with Gasteiger partial charge >= 0.3 is 0 Å². The summed E-state index contributed by atoms with van der Waals surface area (Å²) in [6, 6.07) is 3.63. The summed E-state index contributed by atoms with van der Waals surface area (Å²) in [6.07, 6.45) is 1.86. The molecule has 94 valence electrons. The molecular weight excluding hydrogens is 259 g/mol. The Morgan fingerprint density at radius 2 is 2.24 bits per heavy atom. The number of aromatic nitrogens is 1. The zero-order valence-corrected chi connectivity index (χ0v) is 11.3. The number of pyridine rings is 1. The van der Waals surface area contributed by atoms with E-state index in [-0.39, 0.29) is 0 Å². The number of hydrogen-bond donors (Lipinski definition) is 1. The Hall–Kier alpha value is -0.350. The van der Waals surface area contributed by atoms with Crippen LogP contribution in [0.1, 0.15) is 25.3 Å². The van der Waals surface area contributed by atoms with Crippen molar-refractivity contribution < 1.29 is 5.11 Å². The van der Waals surface area contributed by atoms with Crippen molar-refractivity contribution in [2.45, 2.75) is 31.9 Å². The standard InChI is InChI=1S/C12H16Cl2N2O/c1-12(17)5-2-6-16(8-12)7-9-3-4-10(13)15-11(9)14/h3-4,17H,2,5-8H2,1H3. The summed E-state index contributed by atoms with van der Waals surface area (Å²) in [6.45, 7) is 4.24. The summed E-state index contributed by atoms with van der Waals surface area (Å²) in [7, 11) is 0. The van der Waals surface area contributed by atoms with Gasteiger partial charge < -0.3 is 5.11 Å². The highest BCUT2D eigenvalue weighted by Crippen LogP contribution is 2.24. The Morgan fingerprint density at radius 1 is 1.47 bits per heavy atom. The summed E-state index contributed by atoms with van der Waals surface area (Å²) >= 11 is 11.8. The second kappa shape index (κ2) is 5.11. The molecule has 2 heterocycles. The maximum atomic E-state index is 10.0. The number of rotatable bonds is 2. The average Bonchev–Trinajstić information content (AvgIpc) is 2.21. The Labute approximate surface area is 111 Å². The zero-order valence-electron chi connectivity index (χ0n) is 9.79. The van der Waals surface area contributed by atoms with Crippen LogP contribution < -0.4 is 0 Å². The van der Waals surface area contributed by atoms with E-state index in [1.165, 1.54) is 0 Å². The van der Waals surface area contributed by atoms with Gasteiger partial charge in [0.25, 0.3) is 0 Å². The minimum atomic E-state index is -0.593. The molecule has 2 rings (SSSR count). The SMILES string of the molecule is CC1(O)CCCN(Cc2ccc(Cl)nc2Cl)C1. The van der Waals surface area contributed by atoms with E-state index in [0.717, 1.165) is 24.9 Å². The highest BCUT2D eigenvalue weighted by atomic mass is 35.5. The Bertz CT molecular complexity index is 409. The van der Waals surface area contributed by atoms with E-state index < -0.39 is 5.60 Å². The van der Waals surface area contributed by atoms with E-state index in [9.17, 15) is 5.11 Å². The second-order valence-corrected chi connectivity index (χ2v) is 5.64. The normalized spacial score (nSPS) is 26.1. The van der Waals surface area contributed by atoms with Crippen molar-refractivity contribution in [2.24, 2.45) is 0 Å². The maximum absolute atomic E-state index is 10.0. The van der Waals surface area contributed by atoms with Crippen molar-refractivity contribution in [3.8, 4) is 0 Å². The molecule has 17 heavy (non-hydrogen) atoms. The highest BCUT2D eigenvalue weighted by molar-refractivity contribution is 6.32. The van der Waals surface area contributed by atoms with Crippen molar-refractivity contribution in [2.75, 3.05) is 13.1 Å². The molecule has 1 unspecified atom stereocenters. The lowest BCUT2D eigenvalue weighted by molar-refractivity contribution is -0.0181. The molecule has 0 spiro atoms. The minimum Gasteiger partial charge on any atom is -0.389 e. The predicted octanol–water partition coefficient (Wildman–Crippen LogP) is 2.74. The van der Waals surface area contributed by atoms with Crippen LogP contribution in [0.25, 0.3) is 0 Å². The molecule has 1 atom stereocenters. The first-order chi connectivity index (χ1) is 7.96. The molecule has 0 saturated carbocycles. The number of β-amino-alcohol motifs (C(OH)–C–C–N with tert-alkyl or cyclic N) is 1. The van der Waals surface area contributed by atoms with E-state index in [4.69, 9.17) is 23.2 Å². The Morgan fingerprint density at radius 3 is 2.88 bits per heavy atom. The van der Waals surface area contributed by atoms with Gasteiger partial charge in [-0.15, -0.1) is 0 Å². The topological polar surface area (TPSA) is 36.4 Å². The van der Waals surface area contributed by atoms with Gasteiger partial charge in [0.15, 0.2) is 0 Å². The van der Waals surface area contributed by atoms with Crippen molar-refractivity contribution in [1.29, 1.82) is 0 Å². The molecule has 1 saturated heterocycles. The lowest BCUT2D eigenvalue weighted by atomic mass is 9.95. The first-order valence-corrected chi connectivity index (χ1v) is 6.47. The van der Waals surface area contributed by atoms with Crippen LogP contribution in [0.15, 0.2) is 12.1 Å². The van der Waals surface area contributed by atoms with Crippen molar-refractivity contribution >= 4 is 23.2 Å². The number of aliphatic hydroxyl groups is 1. The van der Waals surface area contributed by atoms with Crippen molar-refractivity contribution in [3.05, 3.63) is 28.0 Å². The number of likely N-dealkylation sites (tertiary alicyclic amines) is 1. The van der Waals surface area contributed by atoms with Gasteiger partial charge in [-0.05, 0) is 32.4 Å². The van der Waals surface area contributed by atoms with E-state index in [1.54, 1.807) is 6.07 Å². The fourth-order valence-corrected chi connectivity index (χ4v) is 2.66. The molecular formula is C12H16Cl2N2O. The summed E-state index contributed by atoms with van der Waals surface area (Å²) in [5.74, 6) is 0.